The van der Waals surface area contributed by atoms with Crippen molar-refractivity contribution in [2.75, 3.05) is 6.61 Å². The first-order chi connectivity index (χ1) is 10.8. The van der Waals surface area contributed by atoms with E-state index in [1.807, 2.05) is 49.5 Å². The molecule has 0 spiro atoms. The van der Waals surface area contributed by atoms with Gasteiger partial charge in [0.1, 0.15) is 0 Å². The van der Waals surface area contributed by atoms with Gasteiger partial charge in [0.05, 0.1) is 6.61 Å². The molecule has 0 rings (SSSR count). The van der Waals surface area contributed by atoms with Gasteiger partial charge < -0.3 is 4.74 Å². The summed E-state index contributed by atoms with van der Waals surface area (Å²) in [4.78, 5) is 10.6. The Kier molecular flexibility index (Phi) is 15.8. The van der Waals surface area contributed by atoms with Crippen molar-refractivity contribution in [1.82, 2.24) is 0 Å². The summed E-state index contributed by atoms with van der Waals surface area (Å²) in [6.07, 6.45) is 27.4. The molecule has 0 amide bonds. The van der Waals surface area contributed by atoms with Crippen molar-refractivity contribution in [3.05, 3.63) is 60.8 Å². The molecular weight excluding hydrogens is 272 g/mol. The zero-order chi connectivity index (χ0) is 16.3. The largest absolute Gasteiger partial charge is 0.466 e. The smallest absolute Gasteiger partial charge is 0.302 e. The summed E-state index contributed by atoms with van der Waals surface area (Å²) in [5, 5.41) is 0. The molecule has 0 aromatic carbocycles. The van der Waals surface area contributed by atoms with Gasteiger partial charge in [0.15, 0.2) is 0 Å². The highest BCUT2D eigenvalue weighted by molar-refractivity contribution is 5.65. The van der Waals surface area contributed by atoms with Gasteiger partial charge in [-0.3, -0.25) is 4.79 Å². The van der Waals surface area contributed by atoms with E-state index in [4.69, 9.17) is 4.74 Å². The van der Waals surface area contributed by atoms with Gasteiger partial charge in [0.25, 0.3) is 0 Å². The first-order valence-electron chi connectivity index (χ1n) is 8.18. The van der Waals surface area contributed by atoms with E-state index in [-0.39, 0.29) is 5.97 Å². The Hall–Kier alpha value is -1.83. The fraction of sp³-hybridized carbons (Fsp3) is 0.450. The van der Waals surface area contributed by atoms with E-state index in [1.54, 1.807) is 0 Å². The van der Waals surface area contributed by atoms with Crippen LogP contribution in [0.3, 0.4) is 0 Å². The lowest BCUT2D eigenvalue weighted by molar-refractivity contribution is -0.141. The Balaban J connectivity index is 3.38. The van der Waals surface area contributed by atoms with E-state index in [0.717, 1.165) is 19.3 Å². The van der Waals surface area contributed by atoms with Gasteiger partial charge in [-0.2, -0.15) is 0 Å². The predicted molar refractivity (Wildman–Crippen MR) is 95.7 cm³/mol. The highest BCUT2D eigenvalue weighted by Gasteiger charge is 1.93. The van der Waals surface area contributed by atoms with Crippen molar-refractivity contribution in [2.45, 2.75) is 52.4 Å². The highest BCUT2D eigenvalue weighted by atomic mass is 16.5. The van der Waals surface area contributed by atoms with Crippen molar-refractivity contribution >= 4 is 5.97 Å². The van der Waals surface area contributed by atoms with E-state index in [0.29, 0.717) is 6.61 Å². The van der Waals surface area contributed by atoms with Crippen molar-refractivity contribution in [3.63, 3.8) is 0 Å². The molecule has 0 aliphatic heterocycles. The normalized spacial score (nSPS) is 12.6. The molecule has 0 saturated heterocycles. The summed E-state index contributed by atoms with van der Waals surface area (Å²) in [6.45, 7) is 4.02. The zero-order valence-electron chi connectivity index (χ0n) is 14.0. The lowest BCUT2D eigenvalue weighted by Crippen LogP contribution is -1.99. The Morgan fingerprint density at radius 2 is 1.32 bits per heavy atom. The molecule has 0 heterocycles. The summed E-state index contributed by atoms with van der Waals surface area (Å²) >= 11 is 0. The van der Waals surface area contributed by atoms with Crippen LogP contribution in [-0.4, -0.2) is 12.6 Å². The average Bonchev–Trinajstić information content (AvgIpc) is 2.50. The third-order valence-electron chi connectivity index (χ3n) is 2.93. The minimum absolute atomic E-state index is 0.179. The fourth-order valence-electron chi connectivity index (χ4n) is 1.78. The number of hydrogen-bond acceptors (Lipinski definition) is 2. The maximum atomic E-state index is 10.6. The van der Waals surface area contributed by atoms with Crippen LogP contribution in [0.1, 0.15) is 52.4 Å². The molecule has 0 radical (unpaired) electrons. The summed E-state index contributed by atoms with van der Waals surface area (Å²) in [5.41, 5.74) is 0. The number of hydrogen-bond donors (Lipinski definition) is 0. The molecule has 0 aromatic heterocycles. The number of esters is 1. The molecule has 0 unspecified atom stereocenters. The second kappa shape index (κ2) is 17.2. The molecule has 0 N–H and O–H groups in total. The molecular formula is C20H30O2. The first-order valence-corrected chi connectivity index (χ1v) is 8.18. The Bertz CT molecular complexity index is 398. The summed E-state index contributed by atoms with van der Waals surface area (Å²) in [6, 6.07) is 0. The molecule has 0 bridgehead atoms. The van der Waals surface area contributed by atoms with Gasteiger partial charge in [0.2, 0.25) is 0 Å². The quantitative estimate of drug-likeness (QED) is 0.263. The van der Waals surface area contributed by atoms with E-state index < -0.39 is 0 Å². The molecule has 22 heavy (non-hydrogen) atoms. The number of ether oxygens (including phenoxy) is 1. The van der Waals surface area contributed by atoms with E-state index in [1.165, 1.54) is 26.2 Å². The van der Waals surface area contributed by atoms with Gasteiger partial charge in [0, 0.05) is 6.92 Å². The van der Waals surface area contributed by atoms with Crippen molar-refractivity contribution in [3.8, 4) is 0 Å². The number of rotatable bonds is 12. The summed E-state index contributed by atoms with van der Waals surface area (Å²) in [7, 11) is 0. The van der Waals surface area contributed by atoms with Gasteiger partial charge in [-0.15, -0.1) is 0 Å². The van der Waals surface area contributed by atoms with Crippen LogP contribution in [0, 0.1) is 0 Å². The molecule has 0 aliphatic rings. The molecule has 0 fully saturated rings. The molecule has 0 saturated carbocycles. The van der Waals surface area contributed by atoms with Crippen molar-refractivity contribution in [1.29, 1.82) is 0 Å². The molecule has 0 aliphatic carbocycles. The average molecular weight is 302 g/mol. The van der Waals surface area contributed by atoms with Crippen LogP contribution in [-0.2, 0) is 9.53 Å². The maximum absolute atomic E-state index is 10.6. The Labute approximate surface area is 136 Å². The second-order valence-electron chi connectivity index (χ2n) is 5.01. The first kappa shape index (κ1) is 20.2. The molecule has 0 aromatic rings. The summed E-state index contributed by atoms with van der Waals surface area (Å²) in [5.74, 6) is -0.179. The van der Waals surface area contributed by atoms with Crippen LogP contribution in [0.25, 0.3) is 0 Å². The van der Waals surface area contributed by atoms with Crippen LogP contribution >= 0.6 is 0 Å². The van der Waals surface area contributed by atoms with Crippen LogP contribution in [0.4, 0.5) is 0 Å². The van der Waals surface area contributed by atoms with Gasteiger partial charge in [-0.25, -0.2) is 0 Å². The topological polar surface area (TPSA) is 26.3 Å². The van der Waals surface area contributed by atoms with Crippen molar-refractivity contribution < 1.29 is 9.53 Å². The standard InChI is InChI=1S/C20H30O2/c1-3-4-5-6-7-8-9-10-11-12-13-14-15-16-17-18-19-22-20(2)21/h3-12H,13-19H2,1-2H3/b4-3+,6-5+,8-7+,10-9+,12-11-. The highest BCUT2D eigenvalue weighted by Crippen LogP contribution is 2.06. The van der Waals surface area contributed by atoms with E-state index in [2.05, 4.69) is 18.2 Å². The Morgan fingerprint density at radius 1 is 0.773 bits per heavy atom. The van der Waals surface area contributed by atoms with Gasteiger partial charge >= 0.3 is 5.97 Å². The predicted octanol–water partition coefficient (Wildman–Crippen LogP) is 5.69. The molecule has 2 heteroatoms. The SMILES string of the molecule is C/C=C/C=C/C=C/C=C/C=C\CCCCCCCOC(C)=O. The lowest BCUT2D eigenvalue weighted by atomic mass is 10.1. The monoisotopic (exact) mass is 302 g/mol. The van der Waals surface area contributed by atoms with Crippen LogP contribution < -0.4 is 0 Å². The zero-order valence-corrected chi connectivity index (χ0v) is 14.0. The maximum Gasteiger partial charge on any atom is 0.302 e. The minimum Gasteiger partial charge on any atom is -0.466 e. The van der Waals surface area contributed by atoms with Gasteiger partial charge in [-0.05, 0) is 26.2 Å². The van der Waals surface area contributed by atoms with Crippen LogP contribution in [0.2, 0.25) is 0 Å². The number of allylic oxidation sites excluding steroid dienone is 10. The lowest BCUT2D eigenvalue weighted by Gasteiger charge is -2.01. The van der Waals surface area contributed by atoms with Gasteiger partial charge in [-0.1, -0.05) is 80.0 Å². The summed E-state index contributed by atoms with van der Waals surface area (Å²) < 4.78 is 4.89. The minimum atomic E-state index is -0.179. The second-order valence-corrected chi connectivity index (χ2v) is 5.01. The molecule has 0 atom stereocenters. The molecule has 2 nitrogen and oxygen atoms in total. The fourth-order valence-corrected chi connectivity index (χ4v) is 1.78. The van der Waals surface area contributed by atoms with E-state index >= 15 is 0 Å². The van der Waals surface area contributed by atoms with E-state index in [9.17, 15) is 4.79 Å². The number of carbonyl (C=O) groups is 1. The molecule has 122 valence electrons. The van der Waals surface area contributed by atoms with Crippen molar-refractivity contribution in [2.24, 2.45) is 0 Å². The number of unbranched alkanes of at least 4 members (excludes halogenated alkanes) is 5. The third kappa shape index (κ3) is 18.2. The van der Waals surface area contributed by atoms with Crippen LogP contribution in [0.5, 0.6) is 0 Å². The van der Waals surface area contributed by atoms with Crippen LogP contribution in [0.15, 0.2) is 60.8 Å². The Morgan fingerprint density at radius 3 is 1.95 bits per heavy atom. The number of carbonyl (C=O) groups excluding carboxylic acids is 1. The third-order valence-corrected chi connectivity index (χ3v) is 2.93.